The van der Waals surface area contributed by atoms with Crippen LogP contribution in [0, 0.1) is 0 Å². The van der Waals surface area contributed by atoms with E-state index < -0.39 is 18.2 Å². The number of anilines is 1. The molecule has 0 aliphatic carbocycles. The molecule has 7 nitrogen and oxygen atoms in total. The molecular weight excluding hydrogens is 390 g/mol. The van der Waals surface area contributed by atoms with Crippen LogP contribution in [0.1, 0.15) is 20.8 Å². The highest BCUT2D eigenvalue weighted by atomic mass is 32.1. The van der Waals surface area contributed by atoms with Crippen LogP contribution in [0.15, 0.2) is 72.1 Å². The first kappa shape index (κ1) is 20.2. The predicted molar refractivity (Wildman–Crippen MR) is 111 cm³/mol. The van der Waals surface area contributed by atoms with Gasteiger partial charge < -0.3 is 15.8 Å². The van der Waals surface area contributed by atoms with Gasteiger partial charge in [-0.3, -0.25) is 14.9 Å². The average Bonchev–Trinajstić information content (AvgIpc) is 3.21. The maximum absolute atomic E-state index is 12.6. The predicted octanol–water partition coefficient (Wildman–Crippen LogP) is 3.13. The van der Waals surface area contributed by atoms with Crippen LogP contribution < -0.4 is 16.4 Å². The van der Waals surface area contributed by atoms with E-state index in [2.05, 4.69) is 10.6 Å². The highest BCUT2D eigenvalue weighted by Gasteiger charge is 2.21. The van der Waals surface area contributed by atoms with Crippen LogP contribution in [-0.2, 0) is 16.1 Å². The first-order valence-electron chi connectivity index (χ1n) is 8.75. The number of hydrogen-bond acceptors (Lipinski definition) is 6. The Morgan fingerprint density at radius 1 is 0.966 bits per heavy atom. The van der Waals surface area contributed by atoms with Gasteiger partial charge in [-0.1, -0.05) is 60.7 Å². The van der Waals surface area contributed by atoms with E-state index in [4.69, 9.17) is 10.5 Å². The average molecular weight is 409 g/mol. The second-order valence-electron chi connectivity index (χ2n) is 6.03. The molecule has 29 heavy (non-hydrogen) atoms. The van der Waals surface area contributed by atoms with Gasteiger partial charge in [-0.15, -0.1) is 11.3 Å². The Balaban J connectivity index is 1.55. The van der Waals surface area contributed by atoms with E-state index in [0.717, 1.165) is 5.56 Å². The van der Waals surface area contributed by atoms with Gasteiger partial charge in [0.2, 0.25) is 5.78 Å². The van der Waals surface area contributed by atoms with Crippen LogP contribution in [0.25, 0.3) is 0 Å². The number of benzene rings is 2. The normalized spacial score (nSPS) is 11.3. The molecule has 4 N–H and O–H groups in total. The van der Waals surface area contributed by atoms with Crippen molar-refractivity contribution < 1.29 is 19.1 Å². The molecule has 2 amide bonds. The van der Waals surface area contributed by atoms with Gasteiger partial charge in [0.05, 0.1) is 10.6 Å². The number of rotatable bonds is 7. The number of amides is 2. The minimum absolute atomic E-state index is 0.0568. The Morgan fingerprint density at radius 3 is 2.31 bits per heavy atom. The summed E-state index contributed by atoms with van der Waals surface area (Å²) >= 11 is 1.21. The van der Waals surface area contributed by atoms with E-state index in [9.17, 15) is 14.4 Å². The van der Waals surface area contributed by atoms with E-state index in [0.29, 0.717) is 16.1 Å². The van der Waals surface area contributed by atoms with Gasteiger partial charge in [0, 0.05) is 5.56 Å². The van der Waals surface area contributed by atoms with Gasteiger partial charge in [0.25, 0.3) is 5.91 Å². The Labute approximate surface area is 171 Å². The van der Waals surface area contributed by atoms with Crippen molar-refractivity contribution in [2.75, 3.05) is 5.32 Å². The van der Waals surface area contributed by atoms with Crippen molar-refractivity contribution in [2.45, 2.75) is 12.8 Å². The van der Waals surface area contributed by atoms with E-state index in [1.54, 1.807) is 35.7 Å². The Bertz CT molecular complexity index is 989. The summed E-state index contributed by atoms with van der Waals surface area (Å²) in [4.78, 5) is 37.2. The quantitative estimate of drug-likeness (QED) is 0.410. The van der Waals surface area contributed by atoms with Gasteiger partial charge >= 0.3 is 6.09 Å². The van der Waals surface area contributed by atoms with Crippen molar-refractivity contribution >= 4 is 34.8 Å². The van der Waals surface area contributed by atoms with Crippen molar-refractivity contribution in [1.82, 2.24) is 5.32 Å². The van der Waals surface area contributed by atoms with Crippen LogP contribution >= 0.6 is 11.3 Å². The number of carbonyl (C=O) groups is 3. The molecule has 3 rings (SSSR count). The van der Waals surface area contributed by atoms with E-state index in [-0.39, 0.29) is 12.4 Å². The molecule has 0 spiro atoms. The van der Waals surface area contributed by atoms with Crippen molar-refractivity contribution in [2.24, 2.45) is 5.73 Å². The largest absolute Gasteiger partial charge is 0.445 e. The van der Waals surface area contributed by atoms with E-state index in [1.165, 1.54) is 11.3 Å². The summed E-state index contributed by atoms with van der Waals surface area (Å²) in [6, 6.07) is 19.5. The third-order valence-electron chi connectivity index (χ3n) is 3.93. The Hall–Kier alpha value is -3.49. The summed E-state index contributed by atoms with van der Waals surface area (Å²) < 4.78 is 5.04. The third-order valence-corrected chi connectivity index (χ3v) is 4.85. The van der Waals surface area contributed by atoms with E-state index >= 15 is 0 Å². The standard InChI is InChI=1S/C21H19N3O4S/c22-19(24-21(27)28-13-14-7-3-1-4-8-14)20(26)23-16-11-12-29-18(16)17(25)15-9-5-2-6-10-15/h1-12,19H,13,22H2,(H,23,26)(H,24,27). The van der Waals surface area contributed by atoms with Crippen LogP contribution in [0.4, 0.5) is 10.5 Å². The lowest BCUT2D eigenvalue weighted by Crippen LogP contribution is -2.50. The van der Waals surface area contributed by atoms with Crippen LogP contribution in [-0.4, -0.2) is 23.9 Å². The van der Waals surface area contributed by atoms with Gasteiger partial charge in [-0.25, -0.2) is 4.79 Å². The molecule has 2 aromatic carbocycles. The molecule has 0 saturated heterocycles. The van der Waals surface area contributed by atoms with Crippen molar-refractivity contribution in [3.63, 3.8) is 0 Å². The summed E-state index contributed by atoms with van der Waals surface area (Å²) in [7, 11) is 0. The van der Waals surface area contributed by atoms with Crippen molar-refractivity contribution in [3.05, 3.63) is 88.1 Å². The monoisotopic (exact) mass is 409 g/mol. The summed E-state index contributed by atoms with van der Waals surface area (Å²) in [6.45, 7) is 0.0568. The van der Waals surface area contributed by atoms with Crippen molar-refractivity contribution in [1.29, 1.82) is 0 Å². The van der Waals surface area contributed by atoms with Crippen LogP contribution in [0.2, 0.25) is 0 Å². The molecule has 148 valence electrons. The fourth-order valence-corrected chi connectivity index (χ4v) is 3.28. The fourth-order valence-electron chi connectivity index (χ4n) is 2.47. The molecule has 0 aliphatic rings. The summed E-state index contributed by atoms with van der Waals surface area (Å²) in [5.41, 5.74) is 7.39. The summed E-state index contributed by atoms with van der Waals surface area (Å²) in [6.07, 6.45) is -2.15. The molecule has 8 heteroatoms. The molecule has 0 radical (unpaired) electrons. The highest BCUT2D eigenvalue weighted by Crippen LogP contribution is 2.25. The maximum Gasteiger partial charge on any atom is 0.409 e. The number of carbonyl (C=O) groups excluding carboxylic acids is 3. The van der Waals surface area contributed by atoms with E-state index in [1.807, 2.05) is 36.4 Å². The smallest absolute Gasteiger partial charge is 0.409 e. The molecular formula is C21H19N3O4S. The second-order valence-corrected chi connectivity index (χ2v) is 6.95. The third kappa shape index (κ3) is 5.50. The molecule has 1 atom stereocenters. The number of alkyl carbamates (subject to hydrolysis) is 1. The van der Waals surface area contributed by atoms with Crippen molar-refractivity contribution in [3.8, 4) is 0 Å². The van der Waals surface area contributed by atoms with Crippen LogP contribution in [0.5, 0.6) is 0 Å². The van der Waals surface area contributed by atoms with Gasteiger partial charge in [0.15, 0.2) is 6.17 Å². The molecule has 1 aromatic heterocycles. The molecule has 0 fully saturated rings. The molecule has 1 unspecified atom stereocenters. The zero-order chi connectivity index (χ0) is 20.6. The minimum Gasteiger partial charge on any atom is -0.445 e. The number of thiophene rings is 1. The zero-order valence-electron chi connectivity index (χ0n) is 15.3. The number of ketones is 1. The number of ether oxygens (including phenoxy) is 1. The second kappa shape index (κ2) is 9.63. The fraction of sp³-hybridized carbons (Fsp3) is 0.0952. The first-order chi connectivity index (χ1) is 14.0. The first-order valence-corrected chi connectivity index (χ1v) is 9.63. The zero-order valence-corrected chi connectivity index (χ0v) is 16.1. The molecule has 0 aliphatic heterocycles. The Morgan fingerprint density at radius 2 is 1.62 bits per heavy atom. The topological polar surface area (TPSA) is 111 Å². The highest BCUT2D eigenvalue weighted by molar-refractivity contribution is 7.13. The lowest BCUT2D eigenvalue weighted by atomic mass is 10.1. The SMILES string of the molecule is NC(NC(=O)OCc1ccccc1)C(=O)Nc1ccsc1C(=O)c1ccccc1. The number of hydrogen-bond donors (Lipinski definition) is 3. The number of nitrogens with one attached hydrogen (secondary N) is 2. The van der Waals surface area contributed by atoms with Gasteiger partial charge in [0.1, 0.15) is 6.61 Å². The number of nitrogens with two attached hydrogens (primary N) is 1. The maximum atomic E-state index is 12.6. The molecule has 1 heterocycles. The lowest BCUT2D eigenvalue weighted by Gasteiger charge is -2.14. The van der Waals surface area contributed by atoms with Gasteiger partial charge in [-0.05, 0) is 17.0 Å². The molecule has 0 bridgehead atoms. The molecule has 3 aromatic rings. The minimum atomic E-state index is -1.34. The van der Waals surface area contributed by atoms with Crippen LogP contribution in [0.3, 0.4) is 0 Å². The molecule has 0 saturated carbocycles. The lowest BCUT2D eigenvalue weighted by molar-refractivity contribution is -0.118. The van der Waals surface area contributed by atoms with Gasteiger partial charge in [-0.2, -0.15) is 0 Å². The summed E-state index contributed by atoms with van der Waals surface area (Å²) in [5.74, 6) is -0.873. The summed E-state index contributed by atoms with van der Waals surface area (Å²) in [5, 5.41) is 6.53. The Kier molecular flexibility index (Phi) is 6.72.